The van der Waals surface area contributed by atoms with Gasteiger partial charge >= 0.3 is 0 Å². The topological polar surface area (TPSA) is 56.5 Å². The Morgan fingerprint density at radius 3 is 1.30 bits per heavy atom. The van der Waals surface area contributed by atoms with Crippen molar-refractivity contribution in [3.63, 3.8) is 0 Å². The third-order valence-electron chi connectivity index (χ3n) is 9.97. The smallest absolute Gasteiger partial charge is 0.161 e. The fourth-order valence-corrected chi connectivity index (χ4v) is 6.58. The minimum atomic E-state index is 0. The van der Waals surface area contributed by atoms with Gasteiger partial charge in [0.25, 0.3) is 0 Å². The summed E-state index contributed by atoms with van der Waals surface area (Å²) < 4.78 is 12.6. The van der Waals surface area contributed by atoms with Crippen LogP contribution in [-0.2, 0) is 6.54 Å². The van der Waals surface area contributed by atoms with Gasteiger partial charge in [0.15, 0.2) is 11.5 Å². The summed E-state index contributed by atoms with van der Waals surface area (Å²) in [5, 5.41) is 3.55. The van der Waals surface area contributed by atoms with E-state index < -0.39 is 0 Å². The second-order valence-corrected chi connectivity index (χ2v) is 15.0. The van der Waals surface area contributed by atoms with E-state index in [1.807, 2.05) is 0 Å². The van der Waals surface area contributed by atoms with Crippen molar-refractivity contribution in [2.75, 3.05) is 26.3 Å². The number of benzene rings is 1. The van der Waals surface area contributed by atoms with Crippen LogP contribution in [0.2, 0.25) is 0 Å². The molecule has 4 nitrogen and oxygen atoms in total. The number of nitrogens with one attached hydrogen (secondary N) is 1. The Bertz CT molecular complexity index is 911. The predicted octanol–water partition coefficient (Wildman–Crippen LogP) is 15.2. The average molecular weight is 784 g/mol. The van der Waals surface area contributed by atoms with Gasteiger partial charge in [-0.1, -0.05) is 160 Å². The molecule has 1 rings (SSSR count). The fourth-order valence-electron chi connectivity index (χ4n) is 6.58. The average Bonchev–Trinajstić information content (AvgIpc) is 3.14. The van der Waals surface area contributed by atoms with Gasteiger partial charge in [-0.3, -0.25) is 0 Å². The molecule has 0 heterocycles. The van der Waals surface area contributed by atoms with Crippen LogP contribution in [0.1, 0.15) is 212 Å². The summed E-state index contributed by atoms with van der Waals surface area (Å²) in [5.41, 5.74) is 6.91. The van der Waals surface area contributed by atoms with Crippen molar-refractivity contribution in [2.24, 2.45) is 5.73 Å². The summed E-state index contributed by atoms with van der Waals surface area (Å²) in [6.45, 7) is 8.72. The highest BCUT2D eigenvalue weighted by Crippen LogP contribution is 2.29. The Labute approximate surface area is 342 Å². The van der Waals surface area contributed by atoms with Gasteiger partial charge in [-0.15, -0.1) is 24.8 Å². The third-order valence-corrected chi connectivity index (χ3v) is 9.97. The summed E-state index contributed by atoms with van der Waals surface area (Å²) in [7, 11) is 0. The van der Waals surface area contributed by atoms with Gasteiger partial charge in [-0.2, -0.15) is 0 Å². The van der Waals surface area contributed by atoms with E-state index in [-0.39, 0.29) is 24.8 Å². The standard InChI is InChI=1S/C47H86N2O2.2ClH/c1-3-5-7-9-11-13-15-17-19-21-23-25-27-29-31-35-41-50-46-38-37-45(44-49-40-34-33-39-48)43-47(46)51-42-36-32-30-28-26-24-22-20-18-16-14-12-10-8-6-4-2;;/h17-20,37-38,43,49H,3-16,21-36,39-42,44,48H2,1-2H3;2*1H/b19-17-,20-18-;;. The molecule has 53 heavy (non-hydrogen) atoms. The van der Waals surface area contributed by atoms with Crippen LogP contribution in [0.25, 0.3) is 0 Å². The molecule has 0 saturated carbocycles. The molecule has 0 atom stereocenters. The number of halogens is 2. The lowest BCUT2D eigenvalue weighted by Gasteiger charge is -2.15. The van der Waals surface area contributed by atoms with Crippen molar-refractivity contribution < 1.29 is 9.47 Å². The van der Waals surface area contributed by atoms with Crippen LogP contribution in [0.3, 0.4) is 0 Å². The first-order valence-corrected chi connectivity index (χ1v) is 22.4. The first-order chi connectivity index (χ1) is 25.3. The van der Waals surface area contributed by atoms with E-state index in [0.29, 0.717) is 0 Å². The number of rotatable bonds is 40. The van der Waals surface area contributed by atoms with E-state index in [2.05, 4.69) is 61.7 Å². The maximum atomic E-state index is 6.34. The molecule has 0 fully saturated rings. The number of unbranched alkanes of at least 4 members (excludes halogenated alkanes) is 25. The number of allylic oxidation sites excluding steroid dienone is 4. The van der Waals surface area contributed by atoms with Gasteiger partial charge < -0.3 is 20.5 Å². The van der Waals surface area contributed by atoms with Crippen LogP contribution < -0.4 is 20.5 Å². The minimum absolute atomic E-state index is 0. The van der Waals surface area contributed by atoms with E-state index in [4.69, 9.17) is 15.2 Å². The van der Waals surface area contributed by atoms with E-state index in [9.17, 15) is 0 Å². The Hall–Kier alpha value is -1.20. The number of ether oxygens (including phenoxy) is 2. The SMILES string of the molecule is CCCCCCCC/C=C\CCCCCCCCOc1ccc(CNCCCCN)cc1OCCCCCCCC/C=C\CCCCCCCC.Cl.Cl. The molecule has 0 radical (unpaired) electrons. The summed E-state index contributed by atoms with van der Waals surface area (Å²) >= 11 is 0. The first kappa shape index (κ1) is 53.9. The van der Waals surface area contributed by atoms with Gasteiger partial charge in [0.1, 0.15) is 0 Å². The summed E-state index contributed by atoms with van der Waals surface area (Å²) in [5.74, 6) is 1.81. The van der Waals surface area contributed by atoms with E-state index in [1.54, 1.807) is 0 Å². The Morgan fingerprint density at radius 2 is 0.868 bits per heavy atom. The van der Waals surface area contributed by atoms with Crippen molar-refractivity contribution in [2.45, 2.75) is 213 Å². The molecule has 0 aliphatic rings. The minimum Gasteiger partial charge on any atom is -0.490 e. The Kier molecular flexibility index (Phi) is 46.0. The highest BCUT2D eigenvalue weighted by Gasteiger charge is 2.08. The lowest BCUT2D eigenvalue weighted by atomic mass is 10.1. The molecular formula is C47H88Cl2N2O2. The summed E-state index contributed by atoms with van der Waals surface area (Å²) in [4.78, 5) is 0. The monoisotopic (exact) mass is 783 g/mol. The van der Waals surface area contributed by atoms with Crippen LogP contribution in [0, 0.1) is 0 Å². The van der Waals surface area contributed by atoms with E-state index in [1.165, 1.54) is 173 Å². The number of hydrogen-bond acceptors (Lipinski definition) is 4. The van der Waals surface area contributed by atoms with E-state index >= 15 is 0 Å². The molecule has 6 heteroatoms. The number of nitrogens with two attached hydrogens (primary N) is 1. The molecule has 0 spiro atoms. The van der Waals surface area contributed by atoms with Crippen molar-refractivity contribution in [1.82, 2.24) is 5.32 Å². The molecule has 312 valence electrons. The van der Waals surface area contributed by atoms with Gasteiger partial charge in [-0.25, -0.2) is 0 Å². The lowest BCUT2D eigenvalue weighted by molar-refractivity contribution is 0.258. The highest BCUT2D eigenvalue weighted by molar-refractivity contribution is 5.85. The van der Waals surface area contributed by atoms with Crippen LogP contribution in [-0.4, -0.2) is 26.3 Å². The lowest BCUT2D eigenvalue weighted by Crippen LogP contribution is -2.16. The van der Waals surface area contributed by atoms with Gasteiger partial charge in [0, 0.05) is 6.54 Å². The molecule has 0 unspecified atom stereocenters. The molecule has 0 aliphatic heterocycles. The molecule has 0 saturated heterocycles. The van der Waals surface area contributed by atoms with Crippen LogP contribution in [0.15, 0.2) is 42.5 Å². The maximum absolute atomic E-state index is 6.34. The zero-order chi connectivity index (χ0) is 36.6. The summed E-state index contributed by atoms with van der Waals surface area (Å²) in [6.07, 6.45) is 48.9. The van der Waals surface area contributed by atoms with Gasteiger partial charge in [-0.05, 0) is 108 Å². The molecule has 0 bridgehead atoms. The van der Waals surface area contributed by atoms with Crippen molar-refractivity contribution in [3.05, 3.63) is 48.1 Å². The molecular weight excluding hydrogens is 695 g/mol. The van der Waals surface area contributed by atoms with Crippen LogP contribution in [0.4, 0.5) is 0 Å². The normalized spacial score (nSPS) is 11.3. The molecule has 3 N–H and O–H groups in total. The van der Waals surface area contributed by atoms with Crippen molar-refractivity contribution in [3.8, 4) is 11.5 Å². The molecule has 0 aromatic heterocycles. The Balaban J connectivity index is 0. The quantitative estimate of drug-likeness (QED) is 0.0514. The Morgan fingerprint density at radius 1 is 0.472 bits per heavy atom. The predicted molar refractivity (Wildman–Crippen MR) is 241 cm³/mol. The molecule has 0 aliphatic carbocycles. The van der Waals surface area contributed by atoms with E-state index in [0.717, 1.165) is 70.0 Å². The molecule has 1 aromatic rings. The number of hydrogen-bond donors (Lipinski definition) is 2. The zero-order valence-corrected chi connectivity index (χ0v) is 36.6. The highest BCUT2D eigenvalue weighted by atomic mass is 35.5. The maximum Gasteiger partial charge on any atom is 0.161 e. The van der Waals surface area contributed by atoms with Gasteiger partial charge in [0.2, 0.25) is 0 Å². The van der Waals surface area contributed by atoms with Crippen LogP contribution in [0.5, 0.6) is 11.5 Å². The second kappa shape index (κ2) is 45.2. The van der Waals surface area contributed by atoms with Crippen LogP contribution >= 0.6 is 24.8 Å². The van der Waals surface area contributed by atoms with Crippen molar-refractivity contribution >= 4 is 24.8 Å². The summed E-state index contributed by atoms with van der Waals surface area (Å²) in [6, 6.07) is 6.49. The zero-order valence-electron chi connectivity index (χ0n) is 35.0. The van der Waals surface area contributed by atoms with Crippen molar-refractivity contribution in [1.29, 1.82) is 0 Å². The van der Waals surface area contributed by atoms with Gasteiger partial charge in [0.05, 0.1) is 13.2 Å². The molecule has 1 aromatic carbocycles. The molecule has 0 amide bonds. The first-order valence-electron chi connectivity index (χ1n) is 22.4. The third kappa shape index (κ3) is 37.5. The largest absolute Gasteiger partial charge is 0.490 e. The second-order valence-electron chi connectivity index (χ2n) is 15.0. The fraction of sp³-hybridized carbons (Fsp3) is 0.787.